The number of carboxylic acids is 1. The SMILES string of the molecule is Cl.O=C(O)C1(NCc2cccc(Cl)c2)CCOCC1. The average molecular weight is 306 g/mol. The minimum absolute atomic E-state index is 0. The minimum atomic E-state index is -0.874. The van der Waals surface area contributed by atoms with E-state index in [9.17, 15) is 9.90 Å². The van der Waals surface area contributed by atoms with Crippen LogP contribution in [0.2, 0.25) is 5.02 Å². The van der Waals surface area contributed by atoms with Gasteiger partial charge in [-0.15, -0.1) is 12.4 Å². The number of hydrogen-bond acceptors (Lipinski definition) is 3. The molecular weight excluding hydrogens is 289 g/mol. The van der Waals surface area contributed by atoms with Gasteiger partial charge in [-0.1, -0.05) is 23.7 Å². The van der Waals surface area contributed by atoms with E-state index in [0.29, 0.717) is 37.6 Å². The summed E-state index contributed by atoms with van der Waals surface area (Å²) >= 11 is 5.90. The largest absolute Gasteiger partial charge is 0.480 e. The maximum Gasteiger partial charge on any atom is 0.324 e. The Morgan fingerprint density at radius 3 is 2.68 bits per heavy atom. The van der Waals surface area contributed by atoms with E-state index in [1.165, 1.54) is 0 Å². The summed E-state index contributed by atoms with van der Waals surface area (Å²) < 4.78 is 5.22. The zero-order valence-electron chi connectivity index (χ0n) is 10.4. The van der Waals surface area contributed by atoms with Crippen LogP contribution in [0.25, 0.3) is 0 Å². The lowest BCUT2D eigenvalue weighted by Gasteiger charge is -2.34. The highest BCUT2D eigenvalue weighted by atomic mass is 35.5. The quantitative estimate of drug-likeness (QED) is 0.897. The average Bonchev–Trinajstić information content (AvgIpc) is 2.37. The molecule has 0 atom stereocenters. The molecule has 1 aliphatic rings. The maximum absolute atomic E-state index is 11.4. The van der Waals surface area contributed by atoms with Crippen molar-refractivity contribution < 1.29 is 14.6 Å². The molecule has 1 heterocycles. The van der Waals surface area contributed by atoms with Crippen LogP contribution in [-0.2, 0) is 16.1 Å². The van der Waals surface area contributed by atoms with Gasteiger partial charge in [0.25, 0.3) is 0 Å². The van der Waals surface area contributed by atoms with Crippen LogP contribution in [-0.4, -0.2) is 29.8 Å². The Kier molecular flexibility index (Phi) is 6.07. The van der Waals surface area contributed by atoms with Gasteiger partial charge in [0.05, 0.1) is 0 Å². The van der Waals surface area contributed by atoms with Crippen molar-refractivity contribution in [3.05, 3.63) is 34.9 Å². The highest BCUT2D eigenvalue weighted by Crippen LogP contribution is 2.22. The van der Waals surface area contributed by atoms with Crippen molar-refractivity contribution >= 4 is 30.0 Å². The van der Waals surface area contributed by atoms with E-state index in [1.807, 2.05) is 18.2 Å². The third kappa shape index (κ3) is 4.08. The summed E-state index contributed by atoms with van der Waals surface area (Å²) in [5.74, 6) is -0.812. The zero-order chi connectivity index (χ0) is 13.0. The Bertz CT molecular complexity index is 434. The van der Waals surface area contributed by atoms with Crippen molar-refractivity contribution in [3.63, 3.8) is 0 Å². The molecule has 0 spiro atoms. The summed E-state index contributed by atoms with van der Waals surface area (Å²) in [6.07, 6.45) is 0.978. The first-order chi connectivity index (χ1) is 8.62. The molecule has 0 aromatic heterocycles. The number of ether oxygens (including phenoxy) is 1. The second-order valence-electron chi connectivity index (χ2n) is 4.48. The van der Waals surface area contributed by atoms with Gasteiger partial charge < -0.3 is 9.84 Å². The van der Waals surface area contributed by atoms with Crippen molar-refractivity contribution in [1.29, 1.82) is 0 Å². The number of rotatable bonds is 4. The fourth-order valence-corrected chi connectivity index (χ4v) is 2.32. The summed E-state index contributed by atoms with van der Waals surface area (Å²) in [6, 6.07) is 7.42. The van der Waals surface area contributed by atoms with Crippen molar-refractivity contribution in [2.45, 2.75) is 24.9 Å². The molecule has 2 N–H and O–H groups in total. The van der Waals surface area contributed by atoms with Crippen LogP contribution in [0.1, 0.15) is 18.4 Å². The van der Waals surface area contributed by atoms with Gasteiger partial charge in [0, 0.05) is 24.8 Å². The van der Waals surface area contributed by atoms with Gasteiger partial charge in [0.1, 0.15) is 5.54 Å². The number of hydrogen-bond donors (Lipinski definition) is 2. The van der Waals surface area contributed by atoms with Gasteiger partial charge in [0.15, 0.2) is 0 Å². The Morgan fingerprint density at radius 1 is 1.42 bits per heavy atom. The van der Waals surface area contributed by atoms with Gasteiger partial charge in [-0.25, -0.2) is 0 Å². The zero-order valence-corrected chi connectivity index (χ0v) is 12.0. The maximum atomic E-state index is 11.4. The second-order valence-corrected chi connectivity index (χ2v) is 4.92. The van der Waals surface area contributed by atoms with Crippen LogP contribution in [0, 0.1) is 0 Å². The van der Waals surface area contributed by atoms with Crippen molar-refractivity contribution in [3.8, 4) is 0 Å². The molecular formula is C13H17Cl2NO3. The first kappa shape index (κ1) is 16.2. The number of aliphatic carboxylic acids is 1. The highest BCUT2D eigenvalue weighted by molar-refractivity contribution is 6.30. The first-order valence-corrected chi connectivity index (χ1v) is 6.31. The first-order valence-electron chi connectivity index (χ1n) is 5.93. The Hall–Kier alpha value is -0.810. The van der Waals surface area contributed by atoms with Crippen molar-refractivity contribution in [2.75, 3.05) is 13.2 Å². The van der Waals surface area contributed by atoms with E-state index < -0.39 is 11.5 Å². The van der Waals surface area contributed by atoms with Crippen LogP contribution >= 0.6 is 24.0 Å². The number of halogens is 2. The smallest absolute Gasteiger partial charge is 0.324 e. The molecule has 4 nitrogen and oxygen atoms in total. The summed E-state index contributed by atoms with van der Waals surface area (Å²) in [7, 11) is 0. The van der Waals surface area contributed by atoms with Crippen LogP contribution in [0.3, 0.4) is 0 Å². The molecule has 2 rings (SSSR count). The molecule has 0 amide bonds. The lowest BCUT2D eigenvalue weighted by atomic mass is 9.90. The number of benzene rings is 1. The number of nitrogens with one attached hydrogen (secondary N) is 1. The standard InChI is InChI=1S/C13H16ClNO3.ClH/c14-11-3-1-2-10(8-11)9-15-13(12(16)17)4-6-18-7-5-13;/h1-3,8,15H,4-7,9H2,(H,16,17);1H. The van der Waals surface area contributed by atoms with Crippen molar-refractivity contribution in [2.24, 2.45) is 0 Å². The van der Waals surface area contributed by atoms with E-state index in [-0.39, 0.29) is 12.4 Å². The third-order valence-electron chi connectivity index (χ3n) is 3.28. The highest BCUT2D eigenvalue weighted by Gasteiger charge is 2.39. The summed E-state index contributed by atoms with van der Waals surface area (Å²) in [5, 5.41) is 13.2. The Morgan fingerprint density at radius 2 is 2.11 bits per heavy atom. The molecule has 19 heavy (non-hydrogen) atoms. The Balaban J connectivity index is 0.00000180. The van der Waals surface area contributed by atoms with Crippen LogP contribution in [0.15, 0.2) is 24.3 Å². The molecule has 1 saturated heterocycles. The van der Waals surface area contributed by atoms with Gasteiger partial charge in [-0.2, -0.15) is 0 Å². The molecule has 6 heteroatoms. The molecule has 0 aliphatic carbocycles. The van der Waals surface area contributed by atoms with Gasteiger partial charge in [-0.3, -0.25) is 10.1 Å². The predicted octanol–water partition coefficient (Wildman–Crippen LogP) is 2.49. The molecule has 0 saturated carbocycles. The fraction of sp³-hybridized carbons (Fsp3) is 0.462. The van der Waals surface area contributed by atoms with Gasteiger partial charge >= 0.3 is 5.97 Å². The lowest BCUT2D eigenvalue weighted by Crippen LogP contribution is -2.55. The van der Waals surface area contributed by atoms with E-state index in [1.54, 1.807) is 6.07 Å². The molecule has 0 unspecified atom stereocenters. The predicted molar refractivity (Wildman–Crippen MR) is 76.0 cm³/mol. The molecule has 1 aliphatic heterocycles. The molecule has 106 valence electrons. The fourth-order valence-electron chi connectivity index (χ4n) is 2.10. The van der Waals surface area contributed by atoms with Crippen LogP contribution < -0.4 is 5.32 Å². The Labute approximate surface area is 123 Å². The minimum Gasteiger partial charge on any atom is -0.480 e. The van der Waals surface area contributed by atoms with E-state index >= 15 is 0 Å². The van der Waals surface area contributed by atoms with E-state index in [2.05, 4.69) is 5.32 Å². The van der Waals surface area contributed by atoms with E-state index in [0.717, 1.165) is 5.56 Å². The molecule has 1 fully saturated rings. The van der Waals surface area contributed by atoms with Gasteiger partial charge in [0.2, 0.25) is 0 Å². The topological polar surface area (TPSA) is 58.6 Å². The summed E-state index contributed by atoms with van der Waals surface area (Å²) in [4.78, 5) is 11.4. The summed E-state index contributed by atoms with van der Waals surface area (Å²) in [5.41, 5.74) is 0.107. The lowest BCUT2D eigenvalue weighted by molar-refractivity contribution is -0.149. The van der Waals surface area contributed by atoms with Crippen molar-refractivity contribution in [1.82, 2.24) is 5.32 Å². The van der Waals surface area contributed by atoms with Gasteiger partial charge in [-0.05, 0) is 30.5 Å². The van der Waals surface area contributed by atoms with E-state index in [4.69, 9.17) is 16.3 Å². The monoisotopic (exact) mass is 305 g/mol. The molecule has 0 bridgehead atoms. The molecule has 1 aromatic carbocycles. The normalized spacial score (nSPS) is 17.5. The third-order valence-corrected chi connectivity index (χ3v) is 3.51. The second kappa shape index (κ2) is 7.10. The number of carboxylic acid groups (broad SMARTS) is 1. The van der Waals surface area contributed by atoms with Crippen LogP contribution in [0.4, 0.5) is 0 Å². The van der Waals surface area contributed by atoms with Crippen LogP contribution in [0.5, 0.6) is 0 Å². The molecule has 1 aromatic rings. The molecule has 0 radical (unpaired) electrons. The number of carbonyl (C=O) groups is 1. The summed E-state index contributed by atoms with van der Waals surface area (Å²) in [6.45, 7) is 1.45.